The molecule has 2 aromatic heterocycles. The predicted molar refractivity (Wildman–Crippen MR) is 160 cm³/mol. The van der Waals surface area contributed by atoms with Crippen molar-refractivity contribution in [2.45, 2.75) is 52.7 Å². The van der Waals surface area contributed by atoms with Crippen LogP contribution in [0.4, 0.5) is 33.1 Å². The highest BCUT2D eigenvalue weighted by Crippen LogP contribution is 2.25. The summed E-state index contributed by atoms with van der Waals surface area (Å²) in [5, 5.41) is 0.461. The van der Waals surface area contributed by atoms with E-state index in [0.29, 0.717) is 62.4 Å². The number of anilines is 4. The van der Waals surface area contributed by atoms with E-state index in [0.717, 1.165) is 18.0 Å². The normalized spacial score (nSPS) is 15.8. The summed E-state index contributed by atoms with van der Waals surface area (Å²) in [6.45, 7) is 15.3. The van der Waals surface area contributed by atoms with Gasteiger partial charge in [-0.25, -0.2) is 19.6 Å². The number of ether oxygens (including phenoxy) is 4. The van der Waals surface area contributed by atoms with E-state index in [9.17, 15) is 9.59 Å². The van der Waals surface area contributed by atoms with Crippen LogP contribution in [0.2, 0.25) is 10.3 Å². The minimum Gasteiger partial charge on any atom is -0.443 e. The smallest absolute Gasteiger partial charge is 0.425 e. The molecule has 0 atom stereocenters. The van der Waals surface area contributed by atoms with Gasteiger partial charge in [-0.15, -0.1) is 0 Å². The first-order valence-electron chi connectivity index (χ1n) is 13.4. The van der Waals surface area contributed by atoms with Crippen molar-refractivity contribution in [3.8, 4) is 0 Å². The van der Waals surface area contributed by atoms with E-state index in [2.05, 4.69) is 19.9 Å². The number of rotatable bonds is 3. The zero-order valence-electron chi connectivity index (χ0n) is 24.7. The lowest BCUT2D eigenvalue weighted by Crippen LogP contribution is -2.44. The average molecular weight is 630 g/mol. The number of imide groups is 1. The van der Waals surface area contributed by atoms with Crippen molar-refractivity contribution < 1.29 is 28.5 Å². The molecule has 14 nitrogen and oxygen atoms in total. The van der Waals surface area contributed by atoms with E-state index in [4.69, 9.17) is 47.9 Å². The molecule has 0 aliphatic carbocycles. The minimum absolute atomic E-state index is 0.0232. The number of aromatic nitrogens is 4. The van der Waals surface area contributed by atoms with Gasteiger partial charge in [0.25, 0.3) is 0 Å². The number of nitrogens with zero attached hydrogens (tertiary/aromatic N) is 7. The molecule has 0 bridgehead atoms. The molecule has 0 unspecified atom stereocenters. The highest BCUT2D eigenvalue weighted by molar-refractivity contribution is 6.30. The van der Waals surface area contributed by atoms with Gasteiger partial charge in [0, 0.05) is 38.3 Å². The number of carbonyl (C=O) groups is 2. The Hall–Kier alpha value is -3.20. The first kappa shape index (κ1) is 33.3. The van der Waals surface area contributed by atoms with Crippen LogP contribution >= 0.6 is 23.2 Å². The van der Waals surface area contributed by atoms with Crippen molar-refractivity contribution in [3.05, 3.63) is 22.4 Å². The van der Waals surface area contributed by atoms with Gasteiger partial charge in [-0.05, 0) is 41.5 Å². The Kier molecular flexibility index (Phi) is 11.4. The standard InChI is InChI=1S/C18H27ClN4O5.C8H11ClN4O/c1-17(2,3)27-15(24)23(16(25)28-18(4,5)6)13-11-12(19)20-14(21-13)22-7-9-26-10-8-22;9-6-5-7(10)12-8(11-6)13-1-3-14-4-2-13/h11H,7-10H2,1-6H3;5H,1-4H2,(H2,10,11,12). The molecule has 0 spiro atoms. The van der Waals surface area contributed by atoms with Crippen LogP contribution in [0, 0.1) is 0 Å². The van der Waals surface area contributed by atoms with Crippen LogP contribution < -0.4 is 20.4 Å². The first-order chi connectivity index (χ1) is 19.6. The number of amides is 2. The summed E-state index contributed by atoms with van der Waals surface area (Å²) in [6, 6.07) is 2.85. The number of nitrogen functional groups attached to an aromatic ring is 1. The Morgan fingerprint density at radius 2 is 1.17 bits per heavy atom. The second-order valence-corrected chi connectivity index (χ2v) is 12.0. The number of hydrogen-bond acceptors (Lipinski definition) is 13. The molecule has 0 aromatic carbocycles. The monoisotopic (exact) mass is 628 g/mol. The fourth-order valence-corrected chi connectivity index (χ4v) is 3.98. The number of halogens is 2. The van der Waals surface area contributed by atoms with Crippen molar-refractivity contribution >= 4 is 58.9 Å². The molecule has 2 aliphatic rings. The molecule has 16 heteroatoms. The molecule has 0 radical (unpaired) electrons. The van der Waals surface area contributed by atoms with Gasteiger partial charge in [0.05, 0.1) is 26.4 Å². The van der Waals surface area contributed by atoms with Crippen LogP contribution in [-0.4, -0.2) is 95.9 Å². The number of hydrogen-bond donors (Lipinski definition) is 1. The molecule has 2 aliphatic heterocycles. The third kappa shape index (κ3) is 10.6. The van der Waals surface area contributed by atoms with E-state index < -0.39 is 23.4 Å². The van der Waals surface area contributed by atoms with Gasteiger partial charge in [-0.3, -0.25) is 0 Å². The SMILES string of the molecule is CC(C)(C)OC(=O)N(C(=O)OC(C)(C)C)c1cc(Cl)nc(N2CCOCC2)n1.Nc1cc(Cl)nc(N2CCOCC2)n1. The zero-order valence-corrected chi connectivity index (χ0v) is 26.2. The zero-order chi connectivity index (χ0) is 31.1. The van der Waals surface area contributed by atoms with Crippen LogP contribution in [0.5, 0.6) is 0 Å². The molecule has 4 rings (SSSR count). The van der Waals surface area contributed by atoms with Crippen LogP contribution in [-0.2, 0) is 18.9 Å². The summed E-state index contributed by atoms with van der Waals surface area (Å²) in [5.74, 6) is 1.25. The van der Waals surface area contributed by atoms with Crippen molar-refractivity contribution in [2.75, 3.05) is 73.0 Å². The van der Waals surface area contributed by atoms with Gasteiger partial charge in [-0.1, -0.05) is 23.2 Å². The van der Waals surface area contributed by atoms with Crippen LogP contribution in [0.15, 0.2) is 12.1 Å². The summed E-state index contributed by atoms with van der Waals surface area (Å²) in [7, 11) is 0. The Balaban J connectivity index is 0.000000287. The van der Waals surface area contributed by atoms with E-state index in [1.807, 2.05) is 9.80 Å². The predicted octanol–water partition coefficient (Wildman–Crippen LogP) is 4.19. The molecule has 2 N–H and O–H groups in total. The second-order valence-electron chi connectivity index (χ2n) is 11.3. The molecule has 2 aromatic rings. The Labute approximate surface area is 255 Å². The van der Waals surface area contributed by atoms with Crippen molar-refractivity contribution in [1.82, 2.24) is 19.9 Å². The molecule has 42 heavy (non-hydrogen) atoms. The lowest BCUT2D eigenvalue weighted by Gasteiger charge is -2.30. The van der Waals surface area contributed by atoms with Crippen LogP contribution in [0.1, 0.15) is 41.5 Å². The van der Waals surface area contributed by atoms with Crippen molar-refractivity contribution in [3.63, 3.8) is 0 Å². The molecular weight excluding hydrogens is 591 g/mol. The summed E-state index contributed by atoms with van der Waals surface area (Å²) < 4.78 is 21.3. The Morgan fingerprint density at radius 1 is 0.762 bits per heavy atom. The summed E-state index contributed by atoms with van der Waals surface area (Å²) in [4.78, 5) is 46.9. The Bertz CT molecular complexity index is 1180. The summed E-state index contributed by atoms with van der Waals surface area (Å²) >= 11 is 11.9. The largest absolute Gasteiger partial charge is 0.443 e. The molecule has 2 saturated heterocycles. The number of morpholine rings is 2. The lowest BCUT2D eigenvalue weighted by molar-refractivity contribution is 0.0429. The van der Waals surface area contributed by atoms with E-state index in [-0.39, 0.29) is 11.0 Å². The Morgan fingerprint density at radius 3 is 1.57 bits per heavy atom. The molecular formula is C26H38Cl2N8O6. The number of nitrogens with two attached hydrogens (primary N) is 1. The van der Waals surface area contributed by atoms with Crippen molar-refractivity contribution in [2.24, 2.45) is 0 Å². The maximum atomic E-state index is 12.8. The van der Waals surface area contributed by atoms with Gasteiger partial charge >= 0.3 is 12.2 Å². The highest BCUT2D eigenvalue weighted by Gasteiger charge is 2.34. The first-order valence-corrected chi connectivity index (χ1v) is 14.1. The van der Waals surface area contributed by atoms with Crippen LogP contribution in [0.3, 0.4) is 0 Å². The van der Waals surface area contributed by atoms with Gasteiger partial charge in [0.1, 0.15) is 27.3 Å². The second kappa shape index (κ2) is 14.3. The maximum absolute atomic E-state index is 12.8. The van der Waals surface area contributed by atoms with Gasteiger partial charge in [-0.2, -0.15) is 14.9 Å². The lowest BCUT2D eigenvalue weighted by atomic mass is 10.2. The van der Waals surface area contributed by atoms with Gasteiger partial charge in [0.2, 0.25) is 11.9 Å². The summed E-state index contributed by atoms with van der Waals surface area (Å²) in [5.41, 5.74) is 3.94. The quantitative estimate of drug-likeness (QED) is 0.482. The average Bonchev–Trinajstić information content (AvgIpc) is 2.87. The fraction of sp³-hybridized carbons (Fsp3) is 0.615. The van der Waals surface area contributed by atoms with Crippen molar-refractivity contribution in [1.29, 1.82) is 0 Å². The third-order valence-electron chi connectivity index (χ3n) is 5.34. The highest BCUT2D eigenvalue weighted by atomic mass is 35.5. The van der Waals surface area contributed by atoms with Gasteiger partial charge < -0.3 is 34.5 Å². The molecule has 2 amide bonds. The topological polar surface area (TPSA) is 158 Å². The fourth-order valence-electron chi connectivity index (χ4n) is 3.62. The summed E-state index contributed by atoms with van der Waals surface area (Å²) in [6.07, 6.45) is -1.83. The van der Waals surface area contributed by atoms with E-state index in [1.165, 1.54) is 12.1 Å². The molecule has 0 saturated carbocycles. The van der Waals surface area contributed by atoms with E-state index >= 15 is 0 Å². The van der Waals surface area contributed by atoms with E-state index in [1.54, 1.807) is 41.5 Å². The minimum atomic E-state index is -0.913. The van der Waals surface area contributed by atoms with Crippen LogP contribution in [0.25, 0.3) is 0 Å². The molecule has 2 fully saturated rings. The number of carbonyl (C=O) groups excluding carboxylic acids is 2. The molecule has 232 valence electrons. The third-order valence-corrected chi connectivity index (χ3v) is 5.73. The molecule has 4 heterocycles. The van der Waals surface area contributed by atoms with Gasteiger partial charge in [0.15, 0.2) is 5.82 Å². The maximum Gasteiger partial charge on any atom is 0.425 e.